The number of benzene rings is 1. The standard InChI is InChI=1S/C16H18N2O3/c1-21-12-4-5-13-11(8-12)6-7-17-16(13)18-14(9-15(19)20)10-2-3-10/h4-8,10,14H,2-3,9H2,1H3,(H,17,18)(H,19,20). The summed E-state index contributed by atoms with van der Waals surface area (Å²) in [7, 11) is 1.64. The Hall–Kier alpha value is -2.30. The van der Waals surface area contributed by atoms with Gasteiger partial charge in [-0.15, -0.1) is 0 Å². The van der Waals surface area contributed by atoms with E-state index in [1.54, 1.807) is 13.3 Å². The van der Waals surface area contributed by atoms with Crippen LogP contribution >= 0.6 is 0 Å². The molecular weight excluding hydrogens is 268 g/mol. The molecule has 5 heteroatoms. The third-order valence-electron chi connectivity index (χ3n) is 3.88. The Morgan fingerprint density at radius 1 is 1.48 bits per heavy atom. The maximum absolute atomic E-state index is 11.0. The van der Waals surface area contributed by atoms with Crippen molar-refractivity contribution in [2.24, 2.45) is 5.92 Å². The minimum Gasteiger partial charge on any atom is -0.497 e. The SMILES string of the molecule is COc1ccc2c(NC(CC(=O)O)C3CC3)nccc2c1. The van der Waals surface area contributed by atoms with Gasteiger partial charge < -0.3 is 15.2 Å². The Bertz CT molecular complexity index is 668. The lowest BCUT2D eigenvalue weighted by Crippen LogP contribution is -2.25. The Balaban J connectivity index is 1.90. The molecule has 1 atom stereocenters. The fourth-order valence-corrected chi connectivity index (χ4v) is 2.60. The molecule has 0 spiro atoms. The number of carbonyl (C=O) groups is 1. The predicted octanol–water partition coefficient (Wildman–Crippen LogP) is 2.91. The van der Waals surface area contributed by atoms with E-state index in [0.29, 0.717) is 5.92 Å². The summed E-state index contributed by atoms with van der Waals surface area (Å²) in [5.74, 6) is 1.20. The van der Waals surface area contributed by atoms with Gasteiger partial charge in [0.2, 0.25) is 0 Å². The molecule has 1 aliphatic rings. The van der Waals surface area contributed by atoms with Crippen molar-refractivity contribution in [1.29, 1.82) is 0 Å². The molecule has 3 rings (SSSR count). The van der Waals surface area contributed by atoms with E-state index >= 15 is 0 Å². The highest BCUT2D eigenvalue weighted by Crippen LogP contribution is 2.36. The smallest absolute Gasteiger partial charge is 0.305 e. The van der Waals surface area contributed by atoms with E-state index in [4.69, 9.17) is 9.84 Å². The third kappa shape index (κ3) is 3.07. The summed E-state index contributed by atoms with van der Waals surface area (Å²) >= 11 is 0. The van der Waals surface area contributed by atoms with Gasteiger partial charge in [-0.3, -0.25) is 4.79 Å². The average Bonchev–Trinajstić information content (AvgIpc) is 3.30. The average molecular weight is 286 g/mol. The fourth-order valence-electron chi connectivity index (χ4n) is 2.60. The van der Waals surface area contributed by atoms with Crippen LogP contribution in [0.15, 0.2) is 30.5 Å². The topological polar surface area (TPSA) is 71.5 Å². The fraction of sp³-hybridized carbons (Fsp3) is 0.375. The molecule has 1 aromatic heterocycles. The van der Waals surface area contributed by atoms with Crippen LogP contribution in [0, 0.1) is 5.92 Å². The van der Waals surface area contributed by atoms with Gasteiger partial charge in [-0.25, -0.2) is 4.98 Å². The highest BCUT2D eigenvalue weighted by atomic mass is 16.5. The van der Waals surface area contributed by atoms with Crippen molar-refractivity contribution in [3.05, 3.63) is 30.5 Å². The first-order valence-corrected chi connectivity index (χ1v) is 7.08. The maximum atomic E-state index is 11.0. The number of hydrogen-bond donors (Lipinski definition) is 2. The number of pyridine rings is 1. The highest BCUT2D eigenvalue weighted by molar-refractivity contribution is 5.92. The number of fused-ring (bicyclic) bond motifs is 1. The van der Waals surface area contributed by atoms with Gasteiger partial charge in [-0.2, -0.15) is 0 Å². The van der Waals surface area contributed by atoms with Crippen LogP contribution in [0.5, 0.6) is 5.75 Å². The van der Waals surface area contributed by atoms with Crippen LogP contribution in [0.3, 0.4) is 0 Å². The number of anilines is 1. The molecule has 0 aliphatic heterocycles. The summed E-state index contributed by atoms with van der Waals surface area (Å²) in [5.41, 5.74) is 0. The van der Waals surface area contributed by atoms with Gasteiger partial charge in [0.15, 0.2) is 0 Å². The molecule has 1 aliphatic carbocycles. The molecule has 110 valence electrons. The molecule has 0 saturated heterocycles. The number of aromatic nitrogens is 1. The minimum atomic E-state index is -0.777. The van der Waals surface area contributed by atoms with Crippen molar-refractivity contribution in [3.8, 4) is 5.75 Å². The molecule has 21 heavy (non-hydrogen) atoms. The van der Waals surface area contributed by atoms with Gasteiger partial charge in [0.25, 0.3) is 0 Å². The summed E-state index contributed by atoms with van der Waals surface area (Å²) in [6.07, 6.45) is 4.03. The molecule has 2 N–H and O–H groups in total. The van der Waals surface area contributed by atoms with E-state index in [0.717, 1.165) is 35.2 Å². The van der Waals surface area contributed by atoms with Gasteiger partial charge in [0, 0.05) is 17.6 Å². The molecule has 0 bridgehead atoms. The number of hydrogen-bond acceptors (Lipinski definition) is 4. The normalized spacial score (nSPS) is 15.7. The second kappa shape index (κ2) is 5.60. The third-order valence-corrected chi connectivity index (χ3v) is 3.88. The number of nitrogens with zero attached hydrogens (tertiary/aromatic N) is 1. The second-order valence-corrected chi connectivity index (χ2v) is 5.43. The van der Waals surface area contributed by atoms with Crippen molar-refractivity contribution in [1.82, 2.24) is 4.98 Å². The van der Waals surface area contributed by atoms with E-state index in [2.05, 4.69) is 10.3 Å². The highest BCUT2D eigenvalue weighted by Gasteiger charge is 2.33. The Labute approximate surface area is 123 Å². The van der Waals surface area contributed by atoms with Crippen LogP contribution in [-0.2, 0) is 4.79 Å². The van der Waals surface area contributed by atoms with E-state index < -0.39 is 5.97 Å². The quantitative estimate of drug-likeness (QED) is 0.854. The second-order valence-electron chi connectivity index (χ2n) is 5.43. The summed E-state index contributed by atoms with van der Waals surface area (Å²) in [6, 6.07) is 7.66. The van der Waals surface area contributed by atoms with Crippen LogP contribution in [0.4, 0.5) is 5.82 Å². The predicted molar refractivity (Wildman–Crippen MR) is 80.7 cm³/mol. The number of methoxy groups -OCH3 is 1. The number of ether oxygens (including phenoxy) is 1. The molecular formula is C16H18N2O3. The van der Waals surface area contributed by atoms with E-state index in [1.165, 1.54) is 0 Å². The lowest BCUT2D eigenvalue weighted by Gasteiger charge is -2.18. The molecule has 1 unspecified atom stereocenters. The molecule has 1 saturated carbocycles. The zero-order valence-electron chi connectivity index (χ0n) is 11.9. The number of carboxylic acids is 1. The first-order chi connectivity index (χ1) is 10.2. The summed E-state index contributed by atoms with van der Waals surface area (Å²) in [6.45, 7) is 0. The molecule has 1 heterocycles. The zero-order chi connectivity index (χ0) is 14.8. The summed E-state index contributed by atoms with van der Waals surface area (Å²) < 4.78 is 5.23. The number of nitrogens with one attached hydrogen (secondary N) is 1. The number of carboxylic acid groups (broad SMARTS) is 1. The molecule has 5 nitrogen and oxygen atoms in total. The van der Waals surface area contributed by atoms with Gasteiger partial charge in [-0.05, 0) is 48.4 Å². The molecule has 2 aromatic rings. The van der Waals surface area contributed by atoms with Crippen LogP contribution < -0.4 is 10.1 Å². The molecule has 1 aromatic carbocycles. The lowest BCUT2D eigenvalue weighted by molar-refractivity contribution is -0.137. The Morgan fingerprint density at radius 2 is 2.29 bits per heavy atom. The van der Waals surface area contributed by atoms with Crippen LogP contribution in [-0.4, -0.2) is 29.2 Å². The number of aliphatic carboxylic acids is 1. The van der Waals surface area contributed by atoms with Crippen molar-refractivity contribution in [2.75, 3.05) is 12.4 Å². The van der Waals surface area contributed by atoms with Crippen LogP contribution in [0.2, 0.25) is 0 Å². The van der Waals surface area contributed by atoms with E-state index in [9.17, 15) is 4.79 Å². The van der Waals surface area contributed by atoms with Crippen molar-refractivity contribution >= 4 is 22.6 Å². The summed E-state index contributed by atoms with van der Waals surface area (Å²) in [4.78, 5) is 15.4. The van der Waals surface area contributed by atoms with Crippen molar-refractivity contribution < 1.29 is 14.6 Å². The maximum Gasteiger partial charge on any atom is 0.305 e. The molecule has 1 fully saturated rings. The van der Waals surface area contributed by atoms with Crippen molar-refractivity contribution in [3.63, 3.8) is 0 Å². The minimum absolute atomic E-state index is 0.0531. The monoisotopic (exact) mass is 286 g/mol. The van der Waals surface area contributed by atoms with Crippen molar-refractivity contribution in [2.45, 2.75) is 25.3 Å². The van der Waals surface area contributed by atoms with Crippen LogP contribution in [0.1, 0.15) is 19.3 Å². The largest absolute Gasteiger partial charge is 0.497 e. The van der Waals surface area contributed by atoms with Gasteiger partial charge in [0.05, 0.1) is 13.5 Å². The lowest BCUT2D eigenvalue weighted by atomic mass is 10.1. The Morgan fingerprint density at radius 3 is 2.95 bits per heavy atom. The van der Waals surface area contributed by atoms with Crippen LogP contribution in [0.25, 0.3) is 10.8 Å². The molecule has 0 radical (unpaired) electrons. The summed E-state index contributed by atoms with van der Waals surface area (Å²) in [5, 5.41) is 14.4. The van der Waals surface area contributed by atoms with Gasteiger partial charge >= 0.3 is 5.97 Å². The van der Waals surface area contributed by atoms with E-state index in [-0.39, 0.29) is 12.5 Å². The van der Waals surface area contributed by atoms with Gasteiger partial charge in [0.1, 0.15) is 11.6 Å². The van der Waals surface area contributed by atoms with Gasteiger partial charge in [-0.1, -0.05) is 0 Å². The Kier molecular flexibility index (Phi) is 3.64. The zero-order valence-corrected chi connectivity index (χ0v) is 11.9. The first kappa shape index (κ1) is 13.7. The molecule has 0 amide bonds. The number of rotatable bonds is 6. The van der Waals surface area contributed by atoms with E-state index in [1.807, 2.05) is 24.3 Å². The first-order valence-electron chi connectivity index (χ1n) is 7.08.